The number of hydrogen-bond acceptors (Lipinski definition) is 7. The molecule has 1 heterocycles. The summed E-state index contributed by atoms with van der Waals surface area (Å²) in [6, 6.07) is -0.716. The van der Waals surface area contributed by atoms with Crippen LogP contribution in [0.2, 0.25) is 0 Å². The third-order valence-corrected chi connectivity index (χ3v) is 3.02. The molecule has 9 nitrogen and oxygen atoms in total. The molecule has 1 aromatic heterocycles. The first kappa shape index (κ1) is 19.4. The maximum Gasteiger partial charge on any atom is 0.320 e. The van der Waals surface area contributed by atoms with Crippen LogP contribution in [0.3, 0.4) is 0 Å². The summed E-state index contributed by atoms with van der Waals surface area (Å²) < 4.78 is 0. The van der Waals surface area contributed by atoms with Gasteiger partial charge in [0, 0.05) is 0 Å². The molecule has 0 saturated heterocycles. The van der Waals surface area contributed by atoms with E-state index in [1.165, 1.54) is 0 Å². The second-order valence-corrected chi connectivity index (χ2v) is 5.06. The van der Waals surface area contributed by atoms with Crippen LogP contribution < -0.4 is 11.5 Å². The molecule has 0 radical (unpaired) electrons. The Bertz CT molecular complexity index is 440. The predicted octanol–water partition coefficient (Wildman–Crippen LogP) is -0.183. The first-order valence-corrected chi connectivity index (χ1v) is 7.27. The van der Waals surface area contributed by atoms with Crippen molar-refractivity contribution in [2.24, 2.45) is 11.5 Å². The van der Waals surface area contributed by atoms with Gasteiger partial charge in [-0.25, -0.2) is 4.98 Å². The molecule has 21 heavy (non-hydrogen) atoms. The van der Waals surface area contributed by atoms with Crippen LogP contribution in [0, 0.1) is 6.92 Å². The van der Waals surface area contributed by atoms with Gasteiger partial charge in [-0.1, -0.05) is 18.2 Å². The lowest BCUT2D eigenvalue weighted by Gasteiger charge is -2.03. The third-order valence-electron chi connectivity index (χ3n) is 2.19. The van der Waals surface area contributed by atoms with E-state index in [2.05, 4.69) is 15.2 Å². The number of rotatable bonds is 8. The number of H-pyrrole nitrogens is 1. The number of nitrogens with zero attached hydrogens (tertiary/aromatic N) is 2. The van der Waals surface area contributed by atoms with Crippen molar-refractivity contribution < 1.29 is 19.8 Å². The molecule has 0 aliphatic carbocycles. The van der Waals surface area contributed by atoms with E-state index in [0.717, 1.165) is 24.6 Å². The minimum Gasteiger partial charge on any atom is -0.481 e. The van der Waals surface area contributed by atoms with Gasteiger partial charge < -0.3 is 21.7 Å². The predicted molar refractivity (Wildman–Crippen MR) is 78.0 cm³/mol. The molecule has 1 atom stereocenters. The van der Waals surface area contributed by atoms with E-state index in [4.69, 9.17) is 21.7 Å². The van der Waals surface area contributed by atoms with Gasteiger partial charge >= 0.3 is 11.9 Å². The first-order chi connectivity index (χ1) is 9.86. The van der Waals surface area contributed by atoms with Crippen molar-refractivity contribution in [2.75, 3.05) is 12.3 Å². The largest absolute Gasteiger partial charge is 0.481 e. The minimum absolute atomic E-state index is 0.00269. The summed E-state index contributed by atoms with van der Waals surface area (Å²) in [5.41, 5.74) is 10.4. The Morgan fingerprint density at radius 3 is 2.48 bits per heavy atom. The summed E-state index contributed by atoms with van der Waals surface area (Å²) in [5, 5.41) is 23.5. The number of carboxylic acid groups (broad SMARTS) is 2. The van der Waals surface area contributed by atoms with Crippen molar-refractivity contribution in [2.45, 2.75) is 37.4 Å². The van der Waals surface area contributed by atoms with Crippen LogP contribution in [0.15, 0.2) is 5.16 Å². The maximum atomic E-state index is 10.1. The maximum absolute atomic E-state index is 10.1. The summed E-state index contributed by atoms with van der Waals surface area (Å²) in [4.78, 5) is 24.1. The van der Waals surface area contributed by atoms with Gasteiger partial charge in [-0.15, -0.1) is 5.10 Å². The third kappa shape index (κ3) is 10.8. The van der Waals surface area contributed by atoms with Gasteiger partial charge in [-0.3, -0.25) is 14.7 Å². The Balaban J connectivity index is 0.000000384. The quantitative estimate of drug-likeness (QED) is 0.322. The molecule has 0 saturated carbocycles. The molecule has 0 fully saturated rings. The van der Waals surface area contributed by atoms with E-state index in [9.17, 15) is 9.59 Å². The van der Waals surface area contributed by atoms with Crippen LogP contribution in [0.4, 0.5) is 0 Å². The van der Waals surface area contributed by atoms with Gasteiger partial charge in [0.1, 0.15) is 11.9 Å². The molecule has 0 bridgehead atoms. The molecular weight excluding hydrogens is 298 g/mol. The second kappa shape index (κ2) is 11.1. The van der Waals surface area contributed by atoms with E-state index in [1.807, 2.05) is 0 Å². The van der Waals surface area contributed by atoms with Crippen LogP contribution in [0.5, 0.6) is 0 Å². The van der Waals surface area contributed by atoms with Crippen molar-refractivity contribution in [3.63, 3.8) is 0 Å². The number of aromatic nitrogens is 3. The molecule has 0 amide bonds. The summed E-state index contributed by atoms with van der Waals surface area (Å²) in [6.45, 7) is 2.37. The van der Waals surface area contributed by atoms with Crippen molar-refractivity contribution in [1.29, 1.82) is 0 Å². The Kier molecular flexibility index (Phi) is 10.2. The lowest BCUT2D eigenvalue weighted by Crippen LogP contribution is -2.29. The smallest absolute Gasteiger partial charge is 0.320 e. The summed E-state index contributed by atoms with van der Waals surface area (Å²) in [7, 11) is 0. The highest BCUT2D eigenvalue weighted by atomic mass is 32.2. The second-order valence-electron chi connectivity index (χ2n) is 4.11. The first-order valence-electron chi connectivity index (χ1n) is 6.28. The number of thioether (sulfide) groups is 1. The SMILES string of the molecule is Cc1nc(SCC(=O)O)n[nH]1.NCCCCC(N)C(=O)O. The average Bonchev–Trinajstić information content (AvgIpc) is 2.83. The summed E-state index contributed by atoms with van der Waals surface area (Å²) in [6.07, 6.45) is 2.16. The molecular formula is C11H21N5O4S. The number of nitrogens with two attached hydrogens (primary N) is 2. The molecule has 7 N–H and O–H groups in total. The standard InChI is InChI=1S/C6H14N2O2.C5H7N3O2S/c7-4-2-1-3-5(8)6(9)10;1-3-6-5(8-7-3)11-2-4(9)10/h5H,1-4,7-8H2,(H,9,10);2H2,1H3,(H,9,10)(H,6,7,8). The van der Waals surface area contributed by atoms with Gasteiger partial charge in [0.2, 0.25) is 5.16 Å². The van der Waals surface area contributed by atoms with Crippen LogP contribution in [0.1, 0.15) is 25.1 Å². The Morgan fingerprint density at radius 2 is 2.05 bits per heavy atom. The van der Waals surface area contributed by atoms with Gasteiger partial charge in [-0.05, 0) is 26.3 Å². The van der Waals surface area contributed by atoms with Crippen molar-refractivity contribution in [1.82, 2.24) is 15.2 Å². The molecule has 10 heteroatoms. The number of unbranched alkanes of at least 4 members (excludes halogenated alkanes) is 1. The van der Waals surface area contributed by atoms with Gasteiger partial charge in [-0.2, -0.15) is 0 Å². The monoisotopic (exact) mass is 319 g/mol. The fourth-order valence-electron chi connectivity index (χ4n) is 1.15. The number of aryl methyl sites for hydroxylation is 1. The highest BCUT2D eigenvalue weighted by molar-refractivity contribution is 7.99. The zero-order chi connectivity index (χ0) is 16.3. The highest BCUT2D eigenvalue weighted by Gasteiger charge is 2.09. The summed E-state index contributed by atoms with van der Waals surface area (Å²) in [5.74, 6) is -1.11. The van der Waals surface area contributed by atoms with Crippen LogP contribution in [-0.2, 0) is 9.59 Å². The average molecular weight is 319 g/mol. The Labute approximate surface area is 126 Å². The van der Waals surface area contributed by atoms with Crippen LogP contribution >= 0.6 is 11.8 Å². The van der Waals surface area contributed by atoms with Crippen molar-refractivity contribution in [3.8, 4) is 0 Å². The number of aliphatic carboxylic acids is 2. The molecule has 1 rings (SSSR count). The Morgan fingerprint density at radius 1 is 1.38 bits per heavy atom. The van der Waals surface area contributed by atoms with Gasteiger partial charge in [0.15, 0.2) is 0 Å². The number of nitrogens with one attached hydrogen (secondary N) is 1. The lowest BCUT2D eigenvalue weighted by molar-refractivity contribution is -0.138. The van der Waals surface area contributed by atoms with Crippen molar-refractivity contribution >= 4 is 23.7 Å². The van der Waals surface area contributed by atoms with Crippen LogP contribution in [-0.4, -0.2) is 55.7 Å². The molecule has 0 spiro atoms. The normalized spacial score (nSPS) is 11.4. The van der Waals surface area contributed by atoms with Gasteiger partial charge in [0.25, 0.3) is 0 Å². The fourth-order valence-corrected chi connectivity index (χ4v) is 1.71. The zero-order valence-electron chi connectivity index (χ0n) is 11.8. The fraction of sp³-hybridized carbons (Fsp3) is 0.636. The Hall–Kier alpha value is -1.65. The van der Waals surface area contributed by atoms with E-state index in [-0.39, 0.29) is 5.75 Å². The zero-order valence-corrected chi connectivity index (χ0v) is 12.6. The molecule has 1 aromatic rings. The number of hydrogen-bond donors (Lipinski definition) is 5. The molecule has 0 aliphatic heterocycles. The molecule has 120 valence electrons. The van der Waals surface area contributed by atoms with E-state index in [0.29, 0.717) is 23.9 Å². The number of carboxylic acids is 2. The molecule has 0 aliphatic rings. The number of carbonyl (C=O) groups is 2. The minimum atomic E-state index is -0.933. The van der Waals surface area contributed by atoms with Crippen LogP contribution in [0.25, 0.3) is 0 Å². The van der Waals surface area contributed by atoms with Gasteiger partial charge in [0.05, 0.1) is 5.75 Å². The lowest BCUT2D eigenvalue weighted by atomic mass is 10.1. The molecule has 1 unspecified atom stereocenters. The summed E-state index contributed by atoms with van der Waals surface area (Å²) >= 11 is 1.10. The van der Waals surface area contributed by atoms with Crippen molar-refractivity contribution in [3.05, 3.63) is 5.82 Å². The highest BCUT2D eigenvalue weighted by Crippen LogP contribution is 2.10. The molecule has 0 aromatic carbocycles. The number of aromatic amines is 1. The topological polar surface area (TPSA) is 168 Å². The van der Waals surface area contributed by atoms with E-state index >= 15 is 0 Å². The van der Waals surface area contributed by atoms with E-state index < -0.39 is 18.0 Å². The van der Waals surface area contributed by atoms with E-state index in [1.54, 1.807) is 6.92 Å².